The number of hydrogen-bond acceptors (Lipinski definition) is 2. The van der Waals surface area contributed by atoms with Gasteiger partial charge in [-0.05, 0) is 23.9 Å². The summed E-state index contributed by atoms with van der Waals surface area (Å²) in [4.78, 5) is 0. The van der Waals surface area contributed by atoms with E-state index in [1.807, 2.05) is 13.8 Å². The van der Waals surface area contributed by atoms with E-state index in [2.05, 4.69) is 24.3 Å². The van der Waals surface area contributed by atoms with Crippen molar-refractivity contribution < 1.29 is 13.2 Å². The smallest absolute Gasteiger partial charge is 0.316 e. The molecule has 0 saturated carbocycles. The minimum absolute atomic E-state index is 0.149. The highest BCUT2D eigenvalue weighted by atomic mass is 19.4. The fraction of sp³-hybridized carbons (Fsp3) is 0.769. The van der Waals surface area contributed by atoms with Crippen molar-refractivity contribution in [2.75, 3.05) is 13.1 Å². The van der Waals surface area contributed by atoms with Gasteiger partial charge in [0.25, 0.3) is 0 Å². The number of halogens is 3. The molecule has 0 unspecified atom stereocenters. The van der Waals surface area contributed by atoms with Gasteiger partial charge in [0.05, 0.1) is 0 Å². The second-order valence-electron chi connectivity index (χ2n) is 6.09. The lowest BCUT2D eigenvalue weighted by molar-refractivity contribution is -0.141. The van der Waals surface area contributed by atoms with Crippen LogP contribution in [0.5, 0.6) is 0 Å². The van der Waals surface area contributed by atoms with Gasteiger partial charge in [0, 0.05) is 19.3 Å². The van der Waals surface area contributed by atoms with Crippen molar-refractivity contribution in [3.05, 3.63) is 18.0 Å². The molecule has 110 valence electrons. The third-order valence-electron chi connectivity index (χ3n) is 2.68. The number of nitrogens with zero attached hydrogens (tertiary/aromatic N) is 2. The van der Waals surface area contributed by atoms with Gasteiger partial charge in [-0.1, -0.05) is 27.7 Å². The Bertz CT molecular complexity index is 394. The monoisotopic (exact) mass is 277 g/mol. The van der Waals surface area contributed by atoms with Crippen LogP contribution in [0.1, 0.15) is 33.4 Å². The van der Waals surface area contributed by atoms with Crippen LogP contribution >= 0.6 is 0 Å². The van der Waals surface area contributed by atoms with Gasteiger partial charge in [0.1, 0.15) is 0 Å². The molecule has 1 rings (SSSR count). The molecule has 19 heavy (non-hydrogen) atoms. The lowest BCUT2D eigenvalue weighted by Crippen LogP contribution is -2.35. The maximum atomic E-state index is 12.4. The molecule has 0 fully saturated rings. The van der Waals surface area contributed by atoms with Crippen LogP contribution in [0, 0.1) is 11.3 Å². The summed E-state index contributed by atoms with van der Waals surface area (Å²) in [6.45, 7) is 10.3. The van der Waals surface area contributed by atoms with E-state index in [4.69, 9.17) is 0 Å². The zero-order chi connectivity index (χ0) is 14.7. The van der Waals surface area contributed by atoms with Crippen molar-refractivity contribution in [2.24, 2.45) is 11.3 Å². The second-order valence-corrected chi connectivity index (χ2v) is 6.09. The molecule has 0 aliphatic heterocycles. The Balaban J connectivity index is 2.55. The lowest BCUT2D eigenvalue weighted by Gasteiger charge is -2.25. The quantitative estimate of drug-likeness (QED) is 0.865. The lowest BCUT2D eigenvalue weighted by atomic mass is 9.93. The van der Waals surface area contributed by atoms with Crippen LogP contribution in [-0.2, 0) is 12.7 Å². The van der Waals surface area contributed by atoms with Gasteiger partial charge < -0.3 is 5.32 Å². The van der Waals surface area contributed by atoms with Gasteiger partial charge in [0.2, 0.25) is 0 Å². The topological polar surface area (TPSA) is 29.9 Å². The summed E-state index contributed by atoms with van der Waals surface area (Å²) in [5.74, 6) is 0.553. The minimum Gasteiger partial charge on any atom is -0.316 e. The van der Waals surface area contributed by atoms with Gasteiger partial charge in [-0.25, -0.2) is 0 Å². The molecule has 6 heteroatoms. The summed E-state index contributed by atoms with van der Waals surface area (Å²) in [5.41, 5.74) is -0.984. The number of alkyl halides is 3. The van der Waals surface area contributed by atoms with E-state index in [0.717, 1.165) is 19.2 Å². The average Bonchev–Trinajstić information content (AvgIpc) is 2.63. The molecule has 1 N–H and O–H groups in total. The first-order chi connectivity index (χ1) is 8.60. The zero-order valence-electron chi connectivity index (χ0n) is 11.9. The van der Waals surface area contributed by atoms with E-state index in [0.29, 0.717) is 12.5 Å². The van der Waals surface area contributed by atoms with Crippen molar-refractivity contribution in [3.8, 4) is 0 Å². The molecule has 0 radical (unpaired) electrons. The van der Waals surface area contributed by atoms with Crippen molar-refractivity contribution in [1.29, 1.82) is 0 Å². The first kappa shape index (κ1) is 16.0. The van der Waals surface area contributed by atoms with Crippen LogP contribution in [0.25, 0.3) is 0 Å². The average molecular weight is 277 g/mol. The van der Waals surface area contributed by atoms with Crippen LogP contribution < -0.4 is 5.32 Å². The Labute approximate surface area is 112 Å². The fourth-order valence-corrected chi connectivity index (χ4v) is 1.79. The molecule has 0 atom stereocenters. The predicted octanol–water partition coefficient (Wildman–Crippen LogP) is 3.17. The van der Waals surface area contributed by atoms with Gasteiger partial charge in [-0.3, -0.25) is 4.68 Å². The summed E-state index contributed by atoms with van der Waals surface area (Å²) >= 11 is 0. The fourth-order valence-electron chi connectivity index (χ4n) is 1.79. The van der Waals surface area contributed by atoms with Crippen molar-refractivity contribution in [1.82, 2.24) is 15.1 Å². The SMILES string of the molecule is CC(C)CNCC(C)(C)Cn1ccc(C(F)(F)F)n1. The Morgan fingerprint density at radius 1 is 1.32 bits per heavy atom. The summed E-state index contributed by atoms with van der Waals surface area (Å²) < 4.78 is 38.7. The van der Waals surface area contributed by atoms with Crippen LogP contribution in [0.4, 0.5) is 13.2 Å². The molecule has 3 nitrogen and oxygen atoms in total. The second kappa shape index (κ2) is 5.94. The van der Waals surface area contributed by atoms with Crippen LogP contribution in [-0.4, -0.2) is 22.9 Å². The first-order valence-corrected chi connectivity index (χ1v) is 6.41. The van der Waals surface area contributed by atoms with E-state index in [-0.39, 0.29) is 5.41 Å². The van der Waals surface area contributed by atoms with E-state index >= 15 is 0 Å². The standard InChI is InChI=1S/C13H22F3N3/c1-10(2)7-17-8-12(3,4)9-19-6-5-11(18-19)13(14,15)16/h5-6,10,17H,7-9H2,1-4H3. The molecule has 0 aliphatic rings. The Morgan fingerprint density at radius 3 is 2.42 bits per heavy atom. The maximum absolute atomic E-state index is 12.4. The number of hydrogen-bond donors (Lipinski definition) is 1. The number of aromatic nitrogens is 2. The van der Waals surface area contributed by atoms with Gasteiger partial charge in [-0.15, -0.1) is 0 Å². The highest BCUT2D eigenvalue weighted by molar-refractivity contribution is 5.03. The van der Waals surface area contributed by atoms with Gasteiger partial charge in [0.15, 0.2) is 5.69 Å². The van der Waals surface area contributed by atoms with E-state index in [1.165, 1.54) is 10.9 Å². The highest BCUT2D eigenvalue weighted by Crippen LogP contribution is 2.28. The number of nitrogens with one attached hydrogen (secondary N) is 1. The molecule has 1 aromatic heterocycles. The Morgan fingerprint density at radius 2 is 1.95 bits per heavy atom. The molecule has 0 saturated heterocycles. The first-order valence-electron chi connectivity index (χ1n) is 6.41. The summed E-state index contributed by atoms with van der Waals surface area (Å²) in [6.07, 6.45) is -2.99. The van der Waals surface area contributed by atoms with Crippen molar-refractivity contribution in [3.63, 3.8) is 0 Å². The molecule has 0 spiro atoms. The molecular formula is C13H22F3N3. The van der Waals surface area contributed by atoms with E-state index in [9.17, 15) is 13.2 Å². The molecule has 0 aromatic carbocycles. The largest absolute Gasteiger partial charge is 0.435 e. The molecular weight excluding hydrogens is 255 g/mol. The summed E-state index contributed by atoms with van der Waals surface area (Å²) in [6, 6.07) is 1.01. The summed E-state index contributed by atoms with van der Waals surface area (Å²) in [5, 5.41) is 6.89. The van der Waals surface area contributed by atoms with Crippen molar-refractivity contribution >= 4 is 0 Å². The third-order valence-corrected chi connectivity index (χ3v) is 2.68. The normalized spacial score (nSPS) is 13.3. The zero-order valence-corrected chi connectivity index (χ0v) is 11.9. The van der Waals surface area contributed by atoms with E-state index < -0.39 is 11.9 Å². The summed E-state index contributed by atoms with van der Waals surface area (Å²) in [7, 11) is 0. The molecule has 1 aromatic rings. The number of rotatable bonds is 6. The van der Waals surface area contributed by atoms with E-state index in [1.54, 1.807) is 0 Å². The molecule has 0 amide bonds. The van der Waals surface area contributed by atoms with Crippen LogP contribution in [0.2, 0.25) is 0 Å². The third kappa shape index (κ3) is 5.63. The Hall–Kier alpha value is -1.04. The predicted molar refractivity (Wildman–Crippen MR) is 68.7 cm³/mol. The molecule has 0 bridgehead atoms. The molecule has 1 heterocycles. The van der Waals surface area contributed by atoms with Gasteiger partial charge >= 0.3 is 6.18 Å². The van der Waals surface area contributed by atoms with Crippen LogP contribution in [0.15, 0.2) is 12.3 Å². The van der Waals surface area contributed by atoms with Crippen LogP contribution in [0.3, 0.4) is 0 Å². The van der Waals surface area contributed by atoms with Gasteiger partial charge in [-0.2, -0.15) is 18.3 Å². The molecule has 0 aliphatic carbocycles. The maximum Gasteiger partial charge on any atom is 0.435 e. The van der Waals surface area contributed by atoms with Crippen molar-refractivity contribution in [2.45, 2.75) is 40.4 Å². The minimum atomic E-state index is -4.37. The highest BCUT2D eigenvalue weighted by Gasteiger charge is 2.34. The Kier molecular flexibility index (Phi) is 5.01.